The van der Waals surface area contributed by atoms with Gasteiger partial charge in [0.15, 0.2) is 0 Å². The van der Waals surface area contributed by atoms with Gasteiger partial charge in [0.25, 0.3) is 0 Å². The van der Waals surface area contributed by atoms with Crippen LogP contribution in [-0.4, -0.2) is 0 Å². The van der Waals surface area contributed by atoms with Gasteiger partial charge in [0.1, 0.15) is 0 Å². The average Bonchev–Trinajstić information content (AvgIpc) is 1.84. The first-order valence-corrected chi connectivity index (χ1v) is 4.31. The topological polar surface area (TPSA) is 0 Å². The minimum atomic E-state index is 1.04. The fraction of sp³-hybridized carbons (Fsp3) is 0.250. The van der Waals surface area contributed by atoms with Crippen molar-refractivity contribution < 1.29 is 0 Å². The van der Waals surface area contributed by atoms with E-state index in [1.54, 1.807) is 0 Å². The van der Waals surface area contributed by atoms with Gasteiger partial charge >= 0.3 is 0 Å². The summed E-state index contributed by atoms with van der Waals surface area (Å²) in [5.41, 5.74) is 2.49. The molecule has 1 aromatic carbocycles. The Morgan fingerprint density at radius 3 is 2.30 bits per heavy atom. The Hall–Kier alpha value is 0.0500. The van der Waals surface area contributed by atoms with E-state index in [9.17, 15) is 0 Å². The quantitative estimate of drug-likeness (QED) is 0.633. The Morgan fingerprint density at radius 2 is 1.80 bits per heavy atom. The summed E-state index contributed by atoms with van der Waals surface area (Å²) in [5, 5.41) is 0. The second-order valence-electron chi connectivity index (χ2n) is 2.39. The largest absolute Gasteiger partial charge is 0.143 e. The predicted molar refractivity (Wildman–Crippen MR) is 50.9 cm³/mol. The molecule has 0 saturated heterocycles. The SMILES string of the molecule is Cc1cc(C)c(Br)cc1S. The maximum Gasteiger partial charge on any atom is 0.0215 e. The first-order chi connectivity index (χ1) is 4.61. The zero-order valence-corrected chi connectivity index (χ0v) is 8.46. The van der Waals surface area contributed by atoms with Gasteiger partial charge < -0.3 is 0 Å². The lowest BCUT2D eigenvalue weighted by molar-refractivity contribution is 1.25. The van der Waals surface area contributed by atoms with E-state index in [0.717, 1.165) is 9.37 Å². The Bertz CT molecular complexity index is 205. The maximum absolute atomic E-state index is 4.28. The van der Waals surface area contributed by atoms with E-state index in [1.165, 1.54) is 11.1 Å². The van der Waals surface area contributed by atoms with Gasteiger partial charge in [-0.25, -0.2) is 0 Å². The van der Waals surface area contributed by atoms with Crippen LogP contribution >= 0.6 is 28.6 Å². The summed E-state index contributed by atoms with van der Waals surface area (Å²) in [7, 11) is 0. The molecule has 0 N–H and O–H groups in total. The van der Waals surface area contributed by atoms with Crippen molar-refractivity contribution in [1.29, 1.82) is 0 Å². The number of aryl methyl sites for hydroxylation is 2. The van der Waals surface area contributed by atoms with Crippen molar-refractivity contribution in [3.05, 3.63) is 27.7 Å². The smallest absolute Gasteiger partial charge is 0.0215 e. The van der Waals surface area contributed by atoms with Crippen LogP contribution in [0, 0.1) is 13.8 Å². The summed E-state index contributed by atoms with van der Waals surface area (Å²) in [5.74, 6) is 0. The molecule has 0 aliphatic carbocycles. The van der Waals surface area contributed by atoms with Crippen molar-refractivity contribution in [1.82, 2.24) is 0 Å². The van der Waals surface area contributed by atoms with Gasteiger partial charge in [-0.3, -0.25) is 0 Å². The summed E-state index contributed by atoms with van der Waals surface area (Å²) in [4.78, 5) is 1.04. The summed E-state index contributed by atoms with van der Waals surface area (Å²) in [6.45, 7) is 4.13. The van der Waals surface area contributed by atoms with Crippen LogP contribution in [0.15, 0.2) is 21.5 Å². The molecule has 2 heteroatoms. The van der Waals surface area contributed by atoms with Gasteiger partial charge in [-0.2, -0.15) is 0 Å². The van der Waals surface area contributed by atoms with Crippen LogP contribution in [0.2, 0.25) is 0 Å². The minimum Gasteiger partial charge on any atom is -0.143 e. The molecule has 0 saturated carbocycles. The molecule has 0 unspecified atom stereocenters. The van der Waals surface area contributed by atoms with Crippen molar-refractivity contribution >= 4 is 28.6 Å². The molecule has 0 fully saturated rings. The maximum atomic E-state index is 4.28. The van der Waals surface area contributed by atoms with E-state index in [2.05, 4.69) is 48.5 Å². The number of thiol groups is 1. The molecule has 0 bridgehead atoms. The summed E-state index contributed by atoms with van der Waals surface area (Å²) in [6.07, 6.45) is 0. The van der Waals surface area contributed by atoms with Gasteiger partial charge in [0.2, 0.25) is 0 Å². The molecule has 0 amide bonds. The molecule has 10 heavy (non-hydrogen) atoms. The third-order valence-electron chi connectivity index (χ3n) is 1.48. The molecule has 0 aromatic heterocycles. The van der Waals surface area contributed by atoms with E-state index in [-0.39, 0.29) is 0 Å². The number of halogens is 1. The fourth-order valence-electron chi connectivity index (χ4n) is 0.815. The van der Waals surface area contributed by atoms with Crippen LogP contribution in [-0.2, 0) is 0 Å². The molecular weight excluding hydrogens is 208 g/mol. The standard InChI is InChI=1S/C8H9BrS/c1-5-3-6(2)8(10)4-7(5)9/h3-4,10H,1-2H3. The Morgan fingerprint density at radius 1 is 1.20 bits per heavy atom. The monoisotopic (exact) mass is 216 g/mol. The van der Waals surface area contributed by atoms with Gasteiger partial charge in [-0.05, 0) is 31.0 Å². The van der Waals surface area contributed by atoms with E-state index in [0.29, 0.717) is 0 Å². The number of hydrogen-bond acceptors (Lipinski definition) is 1. The van der Waals surface area contributed by atoms with Gasteiger partial charge in [-0.15, -0.1) is 12.6 Å². The molecule has 0 radical (unpaired) electrons. The fourth-order valence-corrected chi connectivity index (χ4v) is 1.53. The highest BCUT2D eigenvalue weighted by Crippen LogP contribution is 2.22. The lowest BCUT2D eigenvalue weighted by atomic mass is 10.2. The number of rotatable bonds is 0. The normalized spacial score (nSPS) is 10.0. The Kier molecular flexibility index (Phi) is 2.42. The Labute approximate surface area is 75.2 Å². The first kappa shape index (κ1) is 8.15. The molecule has 0 heterocycles. The molecule has 0 aliphatic heterocycles. The minimum absolute atomic E-state index is 1.04. The van der Waals surface area contributed by atoms with Crippen LogP contribution in [0.3, 0.4) is 0 Å². The second kappa shape index (κ2) is 2.97. The molecule has 1 rings (SSSR count). The molecule has 0 aliphatic rings. The van der Waals surface area contributed by atoms with Crippen LogP contribution in [0.1, 0.15) is 11.1 Å². The molecule has 0 atom stereocenters. The molecule has 1 aromatic rings. The number of hydrogen-bond donors (Lipinski definition) is 1. The zero-order chi connectivity index (χ0) is 7.72. The lowest BCUT2D eigenvalue weighted by Gasteiger charge is -2.02. The highest BCUT2D eigenvalue weighted by atomic mass is 79.9. The highest BCUT2D eigenvalue weighted by molar-refractivity contribution is 9.10. The Balaban J connectivity index is 3.28. The molecule has 0 nitrogen and oxygen atoms in total. The first-order valence-electron chi connectivity index (χ1n) is 3.07. The third kappa shape index (κ3) is 1.55. The predicted octanol–water partition coefficient (Wildman–Crippen LogP) is 3.35. The lowest BCUT2D eigenvalue weighted by Crippen LogP contribution is -1.80. The molecule has 0 spiro atoms. The van der Waals surface area contributed by atoms with E-state index in [4.69, 9.17) is 0 Å². The van der Waals surface area contributed by atoms with E-state index in [1.807, 2.05) is 6.07 Å². The van der Waals surface area contributed by atoms with Crippen molar-refractivity contribution in [3.8, 4) is 0 Å². The average molecular weight is 217 g/mol. The van der Waals surface area contributed by atoms with Gasteiger partial charge in [0, 0.05) is 9.37 Å². The van der Waals surface area contributed by atoms with Crippen LogP contribution in [0.5, 0.6) is 0 Å². The summed E-state index contributed by atoms with van der Waals surface area (Å²) < 4.78 is 1.13. The highest BCUT2D eigenvalue weighted by Gasteiger charge is 1.97. The van der Waals surface area contributed by atoms with Gasteiger partial charge in [0.05, 0.1) is 0 Å². The second-order valence-corrected chi connectivity index (χ2v) is 3.72. The molecule has 54 valence electrons. The number of benzene rings is 1. The summed E-state index contributed by atoms with van der Waals surface area (Å²) in [6, 6.07) is 4.14. The molecular formula is C8H9BrS. The van der Waals surface area contributed by atoms with E-state index >= 15 is 0 Å². The van der Waals surface area contributed by atoms with Gasteiger partial charge in [-0.1, -0.05) is 22.0 Å². The van der Waals surface area contributed by atoms with Crippen molar-refractivity contribution in [2.45, 2.75) is 18.7 Å². The van der Waals surface area contributed by atoms with Crippen LogP contribution < -0.4 is 0 Å². The van der Waals surface area contributed by atoms with Crippen LogP contribution in [0.4, 0.5) is 0 Å². The van der Waals surface area contributed by atoms with Crippen molar-refractivity contribution in [2.75, 3.05) is 0 Å². The summed E-state index contributed by atoms with van der Waals surface area (Å²) >= 11 is 7.72. The van der Waals surface area contributed by atoms with Crippen molar-refractivity contribution in [2.24, 2.45) is 0 Å². The van der Waals surface area contributed by atoms with Crippen LogP contribution in [0.25, 0.3) is 0 Å². The zero-order valence-electron chi connectivity index (χ0n) is 5.98. The third-order valence-corrected chi connectivity index (χ3v) is 2.81. The van der Waals surface area contributed by atoms with E-state index < -0.39 is 0 Å². The van der Waals surface area contributed by atoms with Crippen molar-refractivity contribution in [3.63, 3.8) is 0 Å².